The summed E-state index contributed by atoms with van der Waals surface area (Å²) in [5, 5.41) is 18.7. The van der Waals surface area contributed by atoms with Crippen LogP contribution in [0.3, 0.4) is 0 Å². The molecule has 3 heterocycles. The molecule has 0 atom stereocenters. The van der Waals surface area contributed by atoms with Gasteiger partial charge in [-0.1, -0.05) is 23.5 Å². The molecule has 8 heteroatoms. The van der Waals surface area contributed by atoms with Crippen LogP contribution in [0.1, 0.15) is 5.69 Å². The maximum Gasteiger partial charge on any atom is 0.183 e. The van der Waals surface area contributed by atoms with E-state index < -0.39 is 0 Å². The van der Waals surface area contributed by atoms with Crippen LogP contribution in [0.5, 0.6) is 0 Å². The largest absolute Gasteiger partial charge is 0.381 e. The predicted octanol–water partition coefficient (Wildman–Crippen LogP) is 2.66. The highest BCUT2D eigenvalue weighted by Gasteiger charge is 2.18. The third-order valence-electron chi connectivity index (χ3n) is 3.47. The molecule has 7 nitrogen and oxygen atoms in total. The minimum absolute atomic E-state index is 0.0777. The summed E-state index contributed by atoms with van der Waals surface area (Å²) in [5.41, 5.74) is 10.3. The van der Waals surface area contributed by atoms with Crippen molar-refractivity contribution in [3.63, 3.8) is 0 Å². The summed E-state index contributed by atoms with van der Waals surface area (Å²) in [6, 6.07) is 11.5. The Hall–Kier alpha value is -3.44. The third-order valence-corrected chi connectivity index (χ3v) is 4.17. The number of hydrogen-bond acceptors (Lipinski definition) is 8. The summed E-state index contributed by atoms with van der Waals surface area (Å²) in [5.74, 6) is 0.0777. The summed E-state index contributed by atoms with van der Waals surface area (Å²) >= 11 is 1.34. The molecule has 0 saturated carbocycles. The zero-order chi connectivity index (χ0) is 16.5. The highest BCUT2D eigenvalue weighted by molar-refractivity contribution is 7.12. The van der Waals surface area contributed by atoms with Gasteiger partial charge in [-0.15, -0.1) is 10.2 Å². The van der Waals surface area contributed by atoms with Gasteiger partial charge in [0.2, 0.25) is 0 Å². The first-order valence-corrected chi connectivity index (χ1v) is 7.83. The lowest BCUT2D eigenvalue weighted by Gasteiger charge is -2.08. The second kappa shape index (κ2) is 5.64. The molecule has 114 valence electrons. The van der Waals surface area contributed by atoms with Gasteiger partial charge in [-0.3, -0.25) is 4.98 Å². The monoisotopic (exact) mass is 331 g/mol. The van der Waals surface area contributed by atoms with E-state index in [2.05, 4.69) is 25.1 Å². The lowest BCUT2D eigenvalue weighted by Crippen LogP contribution is -2.03. The van der Waals surface area contributed by atoms with Crippen LogP contribution in [0.15, 0.2) is 42.0 Å². The molecule has 0 amide bonds. The fraction of sp³-hybridized carbons (Fsp3) is 0. The lowest BCUT2D eigenvalue weighted by atomic mass is 10.1. The molecule has 4 rings (SSSR count). The summed E-state index contributed by atoms with van der Waals surface area (Å²) in [7, 11) is 0. The summed E-state index contributed by atoms with van der Waals surface area (Å²) in [4.78, 5) is 13.0. The van der Waals surface area contributed by atoms with Crippen LogP contribution >= 0.6 is 11.3 Å². The first-order valence-electron chi connectivity index (χ1n) is 6.95. The van der Waals surface area contributed by atoms with Crippen LogP contribution in [0.25, 0.3) is 32.9 Å². The number of pyridine rings is 1. The van der Waals surface area contributed by atoms with Crippen molar-refractivity contribution in [2.45, 2.75) is 0 Å². The quantitative estimate of drug-likeness (QED) is 0.600. The minimum atomic E-state index is 0.0777. The molecule has 0 spiro atoms. The average molecular weight is 331 g/mol. The zero-order valence-electron chi connectivity index (χ0n) is 12.2. The van der Waals surface area contributed by atoms with Gasteiger partial charge in [-0.2, -0.15) is 5.26 Å². The van der Waals surface area contributed by atoms with Gasteiger partial charge < -0.3 is 5.73 Å². The Bertz CT molecular complexity index is 1080. The minimum Gasteiger partial charge on any atom is -0.381 e. The smallest absolute Gasteiger partial charge is 0.183 e. The topological polar surface area (TPSA) is 114 Å². The SMILES string of the molecule is N#Cc1nc(-c2ccc3ncccc3c2)c(-c2nncs2)nc1N. The van der Waals surface area contributed by atoms with Crippen LogP contribution in [0.2, 0.25) is 0 Å². The van der Waals surface area contributed by atoms with Crippen molar-refractivity contribution >= 4 is 28.1 Å². The van der Waals surface area contributed by atoms with Gasteiger partial charge in [0.05, 0.1) is 5.52 Å². The van der Waals surface area contributed by atoms with E-state index in [0.29, 0.717) is 16.4 Å². The van der Waals surface area contributed by atoms with Crippen molar-refractivity contribution in [1.82, 2.24) is 25.1 Å². The predicted molar refractivity (Wildman–Crippen MR) is 90.8 cm³/mol. The highest BCUT2D eigenvalue weighted by Crippen LogP contribution is 2.32. The molecule has 0 aliphatic heterocycles. The van der Waals surface area contributed by atoms with Gasteiger partial charge in [-0.25, -0.2) is 9.97 Å². The van der Waals surface area contributed by atoms with Crippen molar-refractivity contribution in [1.29, 1.82) is 5.26 Å². The Morgan fingerprint density at radius 2 is 2.04 bits per heavy atom. The van der Waals surface area contributed by atoms with E-state index in [1.807, 2.05) is 36.4 Å². The highest BCUT2D eigenvalue weighted by atomic mass is 32.1. The summed E-state index contributed by atoms with van der Waals surface area (Å²) < 4.78 is 0. The Kier molecular flexibility index (Phi) is 3.33. The van der Waals surface area contributed by atoms with Crippen molar-refractivity contribution in [2.75, 3.05) is 5.73 Å². The van der Waals surface area contributed by atoms with E-state index in [1.165, 1.54) is 11.3 Å². The molecule has 1 aromatic carbocycles. The Morgan fingerprint density at radius 1 is 1.12 bits per heavy atom. The van der Waals surface area contributed by atoms with Gasteiger partial charge in [0.25, 0.3) is 0 Å². The van der Waals surface area contributed by atoms with Gasteiger partial charge in [0.1, 0.15) is 23.0 Å². The Morgan fingerprint density at radius 3 is 2.83 bits per heavy atom. The maximum absolute atomic E-state index is 9.22. The van der Waals surface area contributed by atoms with E-state index in [-0.39, 0.29) is 11.5 Å². The number of nitrogen functional groups attached to an aromatic ring is 1. The van der Waals surface area contributed by atoms with Gasteiger partial charge >= 0.3 is 0 Å². The molecule has 3 aromatic heterocycles. The molecule has 24 heavy (non-hydrogen) atoms. The molecule has 2 N–H and O–H groups in total. The maximum atomic E-state index is 9.22. The lowest BCUT2D eigenvalue weighted by molar-refractivity contribution is 1.08. The number of hydrogen-bond donors (Lipinski definition) is 1. The molecule has 0 unspecified atom stereocenters. The number of benzene rings is 1. The molecule has 0 bridgehead atoms. The molecular formula is C16H9N7S. The summed E-state index contributed by atoms with van der Waals surface area (Å²) in [6.45, 7) is 0. The Balaban J connectivity index is 2.00. The molecule has 0 fully saturated rings. The molecule has 0 aliphatic carbocycles. The third kappa shape index (κ3) is 2.33. The van der Waals surface area contributed by atoms with Gasteiger partial charge in [0, 0.05) is 17.1 Å². The fourth-order valence-electron chi connectivity index (χ4n) is 2.38. The first kappa shape index (κ1) is 14.2. The number of nitrogens with two attached hydrogens (primary N) is 1. The van der Waals surface area contributed by atoms with Crippen LogP contribution in [0.4, 0.5) is 5.82 Å². The number of fused-ring (bicyclic) bond motifs is 1. The second-order valence-electron chi connectivity index (χ2n) is 4.92. The average Bonchev–Trinajstić information content (AvgIpc) is 3.15. The van der Waals surface area contributed by atoms with Crippen molar-refractivity contribution in [3.05, 3.63) is 47.7 Å². The van der Waals surface area contributed by atoms with Crippen LogP contribution < -0.4 is 5.73 Å². The van der Waals surface area contributed by atoms with Crippen molar-refractivity contribution in [2.24, 2.45) is 0 Å². The molecule has 0 saturated heterocycles. The second-order valence-corrected chi connectivity index (χ2v) is 5.75. The molecule has 0 radical (unpaired) electrons. The van der Waals surface area contributed by atoms with E-state index in [9.17, 15) is 5.26 Å². The number of aromatic nitrogens is 5. The van der Waals surface area contributed by atoms with Gasteiger partial charge in [0.15, 0.2) is 16.5 Å². The fourth-order valence-corrected chi connectivity index (χ4v) is 2.92. The van der Waals surface area contributed by atoms with E-state index in [0.717, 1.165) is 16.5 Å². The van der Waals surface area contributed by atoms with Gasteiger partial charge in [-0.05, 0) is 18.2 Å². The van der Waals surface area contributed by atoms with Crippen LogP contribution in [0, 0.1) is 11.3 Å². The number of nitrogens with zero attached hydrogens (tertiary/aromatic N) is 6. The van der Waals surface area contributed by atoms with E-state index in [4.69, 9.17) is 5.73 Å². The van der Waals surface area contributed by atoms with E-state index >= 15 is 0 Å². The first-order chi connectivity index (χ1) is 11.8. The zero-order valence-corrected chi connectivity index (χ0v) is 13.0. The number of rotatable bonds is 2. The molecule has 0 aliphatic rings. The molecular weight excluding hydrogens is 322 g/mol. The normalized spacial score (nSPS) is 10.6. The van der Waals surface area contributed by atoms with Crippen molar-refractivity contribution in [3.8, 4) is 28.0 Å². The van der Waals surface area contributed by atoms with Crippen LogP contribution in [-0.4, -0.2) is 25.1 Å². The number of anilines is 1. The number of nitriles is 1. The van der Waals surface area contributed by atoms with Crippen LogP contribution in [-0.2, 0) is 0 Å². The molecule has 4 aromatic rings. The van der Waals surface area contributed by atoms with E-state index in [1.54, 1.807) is 11.7 Å². The summed E-state index contributed by atoms with van der Waals surface area (Å²) in [6.07, 6.45) is 1.74. The standard InChI is InChI=1S/C16H9N7S/c17-7-12-15(18)22-14(16-23-20-8-24-16)13(21-12)10-3-4-11-9(6-10)2-1-5-19-11/h1-6,8H,(H2,18,22). The van der Waals surface area contributed by atoms with Crippen molar-refractivity contribution < 1.29 is 0 Å². The Labute approximate surface area is 140 Å².